The lowest BCUT2D eigenvalue weighted by molar-refractivity contribution is -0.385. The van der Waals surface area contributed by atoms with Crippen LogP contribution in [0.25, 0.3) is 6.08 Å². The lowest BCUT2D eigenvalue weighted by atomic mass is 10.1. The monoisotopic (exact) mass is 511 g/mol. The normalized spacial score (nSPS) is 15.0. The van der Waals surface area contributed by atoms with Crippen LogP contribution in [0, 0.1) is 10.1 Å². The van der Waals surface area contributed by atoms with Crippen LogP contribution in [0.15, 0.2) is 45.8 Å². The van der Waals surface area contributed by atoms with Crippen LogP contribution in [0.4, 0.5) is 16.2 Å². The van der Waals surface area contributed by atoms with Crippen molar-refractivity contribution >= 4 is 73.8 Å². The minimum atomic E-state index is -0.763. The minimum absolute atomic E-state index is 0.0258. The molecule has 1 fully saturated rings. The smallest absolute Gasteiger partial charge is 0.294 e. The van der Waals surface area contributed by atoms with Crippen LogP contribution in [-0.4, -0.2) is 38.5 Å². The molecule has 9 nitrogen and oxygen atoms in total. The third-order valence-electron chi connectivity index (χ3n) is 3.90. The van der Waals surface area contributed by atoms with E-state index in [4.69, 9.17) is 11.6 Å². The molecule has 1 heterocycles. The predicted octanol–water partition coefficient (Wildman–Crippen LogP) is 4.39. The lowest BCUT2D eigenvalue weighted by Crippen LogP contribution is -2.36. The number of thioether (sulfide) groups is 1. The van der Waals surface area contributed by atoms with Crippen molar-refractivity contribution in [2.45, 2.75) is 0 Å². The number of imide groups is 1. The second-order valence-corrected chi connectivity index (χ2v) is 8.17. The van der Waals surface area contributed by atoms with Crippen LogP contribution in [-0.2, 0) is 9.59 Å². The highest BCUT2D eigenvalue weighted by molar-refractivity contribution is 9.10. The Labute approximate surface area is 187 Å². The zero-order valence-corrected chi connectivity index (χ0v) is 18.0. The molecule has 0 bridgehead atoms. The SMILES string of the molecule is O=C(CN1C(=O)S/C(=C/c2cc([N+](=O)[O-])cc(Br)c2O)C1=O)Nc1ccccc1Cl. The van der Waals surface area contributed by atoms with E-state index in [1.54, 1.807) is 24.3 Å². The van der Waals surface area contributed by atoms with Crippen molar-refractivity contribution in [3.8, 4) is 5.75 Å². The van der Waals surface area contributed by atoms with Crippen LogP contribution in [0.3, 0.4) is 0 Å². The largest absolute Gasteiger partial charge is 0.506 e. The van der Waals surface area contributed by atoms with E-state index in [0.717, 1.165) is 23.1 Å². The molecule has 12 heteroatoms. The van der Waals surface area contributed by atoms with Gasteiger partial charge in [0.15, 0.2) is 0 Å². The van der Waals surface area contributed by atoms with Gasteiger partial charge in [0.1, 0.15) is 12.3 Å². The van der Waals surface area contributed by atoms with E-state index in [-0.39, 0.29) is 26.4 Å². The maximum Gasteiger partial charge on any atom is 0.294 e. The number of carbonyl (C=O) groups excluding carboxylic acids is 3. The highest BCUT2D eigenvalue weighted by atomic mass is 79.9. The van der Waals surface area contributed by atoms with E-state index in [0.29, 0.717) is 22.5 Å². The number of non-ortho nitro benzene ring substituents is 1. The van der Waals surface area contributed by atoms with Gasteiger partial charge in [0, 0.05) is 17.7 Å². The Morgan fingerprint density at radius 1 is 1.33 bits per heavy atom. The summed E-state index contributed by atoms with van der Waals surface area (Å²) in [6.45, 7) is -0.544. The maximum absolute atomic E-state index is 12.6. The molecule has 154 valence electrons. The van der Waals surface area contributed by atoms with E-state index in [9.17, 15) is 29.6 Å². The zero-order chi connectivity index (χ0) is 22.0. The Morgan fingerprint density at radius 3 is 2.70 bits per heavy atom. The van der Waals surface area contributed by atoms with Crippen molar-refractivity contribution in [3.63, 3.8) is 0 Å². The number of phenols is 1. The van der Waals surface area contributed by atoms with Gasteiger partial charge in [-0.15, -0.1) is 0 Å². The number of hydrogen-bond donors (Lipinski definition) is 2. The van der Waals surface area contributed by atoms with Gasteiger partial charge in [0.05, 0.1) is 25.0 Å². The Morgan fingerprint density at radius 2 is 2.03 bits per heavy atom. The summed E-state index contributed by atoms with van der Waals surface area (Å²) in [4.78, 5) is 48.0. The number of nitro groups is 1. The molecule has 2 aromatic carbocycles. The van der Waals surface area contributed by atoms with E-state index < -0.39 is 28.5 Å². The fourth-order valence-electron chi connectivity index (χ4n) is 2.49. The van der Waals surface area contributed by atoms with Gasteiger partial charge in [0.25, 0.3) is 16.8 Å². The highest BCUT2D eigenvalue weighted by Gasteiger charge is 2.36. The molecule has 0 atom stereocenters. The Balaban J connectivity index is 1.80. The average molecular weight is 513 g/mol. The first-order valence-corrected chi connectivity index (χ1v) is 10.1. The zero-order valence-electron chi connectivity index (χ0n) is 14.8. The van der Waals surface area contributed by atoms with Gasteiger partial charge in [-0.25, -0.2) is 0 Å². The number of rotatable bonds is 5. The number of aromatic hydroxyl groups is 1. The molecular formula is C18H11BrClN3O6S. The van der Waals surface area contributed by atoms with Gasteiger partial charge in [-0.1, -0.05) is 23.7 Å². The fraction of sp³-hybridized carbons (Fsp3) is 0.0556. The summed E-state index contributed by atoms with van der Waals surface area (Å²) in [5.41, 5.74) is -0.00980. The molecule has 0 aliphatic carbocycles. The third-order valence-corrected chi connectivity index (χ3v) is 5.74. The molecule has 3 amide bonds. The highest BCUT2D eigenvalue weighted by Crippen LogP contribution is 2.38. The number of benzene rings is 2. The molecule has 0 saturated carbocycles. The summed E-state index contributed by atoms with van der Waals surface area (Å²) >= 11 is 9.53. The van der Waals surface area contributed by atoms with Crippen LogP contribution in [0.2, 0.25) is 5.02 Å². The summed E-state index contributed by atoms with van der Waals surface area (Å²) in [5.74, 6) is -1.72. The second-order valence-electron chi connectivity index (χ2n) is 5.92. The minimum Gasteiger partial charge on any atom is -0.506 e. The van der Waals surface area contributed by atoms with E-state index in [2.05, 4.69) is 21.2 Å². The number of nitro benzene ring substituents is 1. The summed E-state index contributed by atoms with van der Waals surface area (Å²) in [6.07, 6.45) is 1.16. The first-order chi connectivity index (χ1) is 14.2. The van der Waals surface area contributed by atoms with Gasteiger partial charge >= 0.3 is 0 Å². The summed E-state index contributed by atoms with van der Waals surface area (Å²) in [7, 11) is 0. The molecule has 3 rings (SSSR count). The Hall–Kier alpha value is -2.89. The van der Waals surface area contributed by atoms with Gasteiger partial charge < -0.3 is 10.4 Å². The summed E-state index contributed by atoms with van der Waals surface area (Å²) in [6, 6.07) is 8.66. The van der Waals surface area contributed by atoms with Crippen LogP contribution in [0.1, 0.15) is 5.56 Å². The quantitative estimate of drug-likeness (QED) is 0.345. The van der Waals surface area contributed by atoms with E-state index >= 15 is 0 Å². The van der Waals surface area contributed by atoms with Crippen LogP contribution in [0.5, 0.6) is 5.75 Å². The number of nitrogens with one attached hydrogen (secondary N) is 1. The predicted molar refractivity (Wildman–Crippen MR) is 115 cm³/mol. The van der Waals surface area contributed by atoms with E-state index in [1.807, 2.05) is 0 Å². The Kier molecular flexibility index (Phi) is 6.44. The molecule has 0 aromatic heterocycles. The standard InChI is InChI=1S/C18H11BrClN3O6S/c19-11-7-10(23(28)29)5-9(16(11)25)6-14-17(26)22(18(27)30-14)8-15(24)21-13-4-2-1-3-12(13)20/h1-7,25H,8H2,(H,21,24)/b14-6+. The molecule has 1 aliphatic heterocycles. The van der Waals surface area contributed by atoms with Crippen molar-refractivity contribution in [3.05, 3.63) is 66.5 Å². The Bertz CT molecular complexity index is 1120. The molecule has 2 aromatic rings. The number of nitrogens with zero attached hydrogens (tertiary/aromatic N) is 2. The van der Waals surface area contributed by atoms with Gasteiger partial charge in [0.2, 0.25) is 5.91 Å². The van der Waals surface area contributed by atoms with Crippen molar-refractivity contribution in [1.82, 2.24) is 4.90 Å². The number of para-hydroxylation sites is 1. The van der Waals surface area contributed by atoms with Crippen molar-refractivity contribution in [1.29, 1.82) is 0 Å². The average Bonchev–Trinajstić information content (AvgIpc) is 2.94. The first kappa shape index (κ1) is 21.8. The topological polar surface area (TPSA) is 130 Å². The molecule has 0 spiro atoms. The number of phenolic OH excluding ortho intramolecular Hbond substituents is 1. The molecule has 2 N–H and O–H groups in total. The van der Waals surface area contributed by atoms with Crippen molar-refractivity contribution < 1.29 is 24.4 Å². The van der Waals surface area contributed by atoms with Crippen LogP contribution < -0.4 is 5.32 Å². The molecule has 1 saturated heterocycles. The van der Waals surface area contributed by atoms with Gasteiger partial charge in [-0.3, -0.25) is 29.4 Å². The second kappa shape index (κ2) is 8.86. The van der Waals surface area contributed by atoms with Crippen molar-refractivity contribution in [2.24, 2.45) is 0 Å². The summed E-state index contributed by atoms with van der Waals surface area (Å²) < 4.78 is 0.0568. The fourth-order valence-corrected chi connectivity index (χ4v) is 3.97. The number of hydrogen-bond acceptors (Lipinski definition) is 7. The van der Waals surface area contributed by atoms with Crippen LogP contribution >= 0.6 is 39.3 Å². The molecule has 0 radical (unpaired) electrons. The molecule has 30 heavy (non-hydrogen) atoms. The molecule has 1 aliphatic rings. The number of amides is 3. The maximum atomic E-state index is 12.6. The number of carbonyl (C=O) groups is 3. The molecule has 0 unspecified atom stereocenters. The van der Waals surface area contributed by atoms with Crippen molar-refractivity contribution in [2.75, 3.05) is 11.9 Å². The summed E-state index contributed by atoms with van der Waals surface area (Å²) in [5, 5.41) is 23.2. The van der Waals surface area contributed by atoms with Gasteiger partial charge in [-0.05, 0) is 45.9 Å². The van der Waals surface area contributed by atoms with E-state index in [1.165, 1.54) is 0 Å². The number of halogens is 2. The molecular weight excluding hydrogens is 502 g/mol. The first-order valence-electron chi connectivity index (χ1n) is 8.14. The number of anilines is 1. The third kappa shape index (κ3) is 4.64. The lowest BCUT2D eigenvalue weighted by Gasteiger charge is -2.13. The van der Waals surface area contributed by atoms with Gasteiger partial charge in [-0.2, -0.15) is 0 Å².